The zero-order valence-electron chi connectivity index (χ0n) is 22.1. The summed E-state index contributed by atoms with van der Waals surface area (Å²) in [6.07, 6.45) is -0.368. The number of nitro groups is 1. The van der Waals surface area contributed by atoms with Gasteiger partial charge in [-0.05, 0) is 102 Å². The second kappa shape index (κ2) is 13.8. The number of rotatable bonds is 13. The number of benzene rings is 2. The van der Waals surface area contributed by atoms with Crippen LogP contribution < -0.4 is 19.1 Å². The SMILES string of the molecule is O=[N+]([O-])c1cn(CCC(O)COc2ccc3c(c2)CCCCN3CCCOc2ccc(OC(F)(F)F)cc2)c(Cl)n1. The highest BCUT2D eigenvalue weighted by atomic mass is 35.5. The minimum atomic E-state index is -4.73. The van der Waals surface area contributed by atoms with E-state index >= 15 is 0 Å². The van der Waals surface area contributed by atoms with Gasteiger partial charge in [0.25, 0.3) is 0 Å². The summed E-state index contributed by atoms with van der Waals surface area (Å²) in [5.41, 5.74) is 2.26. The van der Waals surface area contributed by atoms with E-state index in [0.29, 0.717) is 18.1 Å². The minimum absolute atomic E-state index is 0.0136. The van der Waals surface area contributed by atoms with Crippen molar-refractivity contribution in [2.24, 2.45) is 0 Å². The average molecular weight is 599 g/mol. The molecule has 41 heavy (non-hydrogen) atoms. The molecule has 0 radical (unpaired) electrons. The Morgan fingerprint density at radius 3 is 2.51 bits per heavy atom. The first-order valence-corrected chi connectivity index (χ1v) is 13.5. The molecule has 14 heteroatoms. The van der Waals surface area contributed by atoms with Crippen LogP contribution in [-0.2, 0) is 13.0 Å². The van der Waals surface area contributed by atoms with E-state index in [4.69, 9.17) is 21.1 Å². The predicted octanol–water partition coefficient (Wildman–Crippen LogP) is 5.79. The first-order chi connectivity index (χ1) is 19.6. The molecule has 10 nitrogen and oxygen atoms in total. The van der Waals surface area contributed by atoms with Crippen LogP contribution in [0.4, 0.5) is 24.7 Å². The molecule has 1 atom stereocenters. The van der Waals surface area contributed by atoms with Crippen molar-refractivity contribution in [2.75, 3.05) is 31.2 Å². The van der Waals surface area contributed by atoms with Crippen molar-refractivity contribution in [3.05, 3.63) is 69.6 Å². The molecule has 1 aliphatic heterocycles. The fourth-order valence-corrected chi connectivity index (χ4v) is 4.72. The maximum Gasteiger partial charge on any atom is 0.573 e. The Morgan fingerprint density at radius 1 is 1.07 bits per heavy atom. The number of anilines is 1. The zero-order valence-corrected chi connectivity index (χ0v) is 22.8. The van der Waals surface area contributed by atoms with E-state index in [1.807, 2.05) is 18.2 Å². The molecule has 0 saturated carbocycles. The van der Waals surface area contributed by atoms with Crippen LogP contribution in [0.5, 0.6) is 17.2 Å². The summed E-state index contributed by atoms with van der Waals surface area (Å²) in [6.45, 7) is 2.35. The number of fused-ring (bicyclic) bond motifs is 1. The quantitative estimate of drug-likeness (QED) is 0.150. The molecule has 3 aromatic rings. The van der Waals surface area contributed by atoms with Crippen molar-refractivity contribution in [2.45, 2.75) is 51.1 Å². The summed E-state index contributed by atoms with van der Waals surface area (Å²) in [5, 5.41) is 21.2. The Morgan fingerprint density at radius 2 is 1.80 bits per heavy atom. The molecule has 1 aliphatic rings. The summed E-state index contributed by atoms with van der Waals surface area (Å²) in [6, 6.07) is 11.2. The molecule has 2 heterocycles. The topological polar surface area (TPSA) is 112 Å². The van der Waals surface area contributed by atoms with E-state index in [9.17, 15) is 28.4 Å². The number of aliphatic hydroxyl groups excluding tert-OH is 1. The fourth-order valence-electron chi connectivity index (χ4n) is 4.50. The van der Waals surface area contributed by atoms with Crippen LogP contribution in [0.2, 0.25) is 5.28 Å². The Kier molecular flexibility index (Phi) is 10.2. The molecular formula is C27H30ClF3N4O6. The van der Waals surface area contributed by atoms with Gasteiger partial charge in [-0.1, -0.05) is 0 Å². The molecular weight excluding hydrogens is 569 g/mol. The lowest BCUT2D eigenvalue weighted by molar-refractivity contribution is -0.389. The predicted molar refractivity (Wildman–Crippen MR) is 145 cm³/mol. The number of aliphatic hydroxyl groups is 1. The van der Waals surface area contributed by atoms with Crippen LogP contribution in [0.15, 0.2) is 48.7 Å². The van der Waals surface area contributed by atoms with Gasteiger partial charge in [0.1, 0.15) is 30.1 Å². The Hall–Kier alpha value is -3.71. The second-order valence-corrected chi connectivity index (χ2v) is 9.87. The van der Waals surface area contributed by atoms with Crippen LogP contribution in [0, 0.1) is 10.1 Å². The summed E-state index contributed by atoms with van der Waals surface area (Å²) < 4.78 is 53.7. The molecule has 1 aromatic heterocycles. The van der Waals surface area contributed by atoms with Crippen molar-refractivity contribution in [1.29, 1.82) is 0 Å². The van der Waals surface area contributed by atoms with E-state index in [2.05, 4.69) is 14.6 Å². The monoisotopic (exact) mass is 598 g/mol. The molecule has 2 aromatic carbocycles. The molecule has 1 N–H and O–H groups in total. The molecule has 0 amide bonds. The molecule has 0 saturated heterocycles. The molecule has 222 valence electrons. The maximum absolute atomic E-state index is 12.3. The van der Waals surface area contributed by atoms with Crippen LogP contribution in [0.3, 0.4) is 0 Å². The summed E-state index contributed by atoms with van der Waals surface area (Å²) in [5.74, 6) is 0.466. The second-order valence-electron chi connectivity index (χ2n) is 9.53. The normalized spacial score (nSPS) is 14.2. The highest BCUT2D eigenvalue weighted by Gasteiger charge is 2.31. The van der Waals surface area contributed by atoms with Gasteiger partial charge in [-0.15, -0.1) is 13.2 Å². The van der Waals surface area contributed by atoms with E-state index in [1.54, 1.807) is 0 Å². The maximum atomic E-state index is 12.3. The summed E-state index contributed by atoms with van der Waals surface area (Å²) >= 11 is 5.92. The third-order valence-electron chi connectivity index (χ3n) is 6.46. The van der Waals surface area contributed by atoms with Crippen molar-refractivity contribution >= 4 is 23.1 Å². The van der Waals surface area contributed by atoms with E-state index in [1.165, 1.54) is 35.0 Å². The number of aromatic nitrogens is 2. The van der Waals surface area contributed by atoms with E-state index < -0.39 is 17.4 Å². The van der Waals surface area contributed by atoms with Crippen molar-refractivity contribution in [3.63, 3.8) is 0 Å². The third-order valence-corrected chi connectivity index (χ3v) is 6.76. The highest BCUT2D eigenvalue weighted by Crippen LogP contribution is 2.30. The van der Waals surface area contributed by atoms with Gasteiger partial charge < -0.3 is 34.3 Å². The highest BCUT2D eigenvalue weighted by molar-refractivity contribution is 6.28. The minimum Gasteiger partial charge on any atom is -0.494 e. The van der Waals surface area contributed by atoms with Crippen LogP contribution >= 0.6 is 11.6 Å². The summed E-state index contributed by atoms with van der Waals surface area (Å²) in [7, 11) is 0. The number of alkyl halides is 3. The van der Waals surface area contributed by atoms with Gasteiger partial charge in [0.15, 0.2) is 0 Å². The zero-order chi connectivity index (χ0) is 29.4. The number of imidazole rings is 1. The molecule has 0 fully saturated rings. The third kappa shape index (κ3) is 9.15. The number of ether oxygens (including phenoxy) is 3. The first-order valence-electron chi connectivity index (χ1n) is 13.1. The summed E-state index contributed by atoms with van der Waals surface area (Å²) in [4.78, 5) is 16.2. The average Bonchev–Trinajstić information content (AvgIpc) is 3.18. The van der Waals surface area contributed by atoms with Gasteiger partial charge in [-0.2, -0.15) is 0 Å². The van der Waals surface area contributed by atoms with Gasteiger partial charge in [-0.3, -0.25) is 4.57 Å². The lowest BCUT2D eigenvalue weighted by atomic mass is 10.1. The Balaban J connectivity index is 1.24. The lowest BCUT2D eigenvalue weighted by Crippen LogP contribution is -2.26. The molecule has 0 spiro atoms. The van der Waals surface area contributed by atoms with Gasteiger partial charge in [0.2, 0.25) is 0 Å². The smallest absolute Gasteiger partial charge is 0.494 e. The van der Waals surface area contributed by atoms with Crippen LogP contribution in [0.1, 0.15) is 31.2 Å². The van der Waals surface area contributed by atoms with Gasteiger partial charge >= 0.3 is 17.5 Å². The fraction of sp³-hybridized carbons (Fsp3) is 0.444. The van der Waals surface area contributed by atoms with E-state index in [0.717, 1.165) is 50.0 Å². The molecule has 4 rings (SSSR count). The number of hydrogen-bond donors (Lipinski definition) is 1. The Labute approximate surface area is 239 Å². The van der Waals surface area contributed by atoms with E-state index in [-0.39, 0.29) is 36.4 Å². The number of hydrogen-bond acceptors (Lipinski definition) is 8. The number of nitrogens with zero attached hydrogens (tertiary/aromatic N) is 4. The molecule has 1 unspecified atom stereocenters. The van der Waals surface area contributed by atoms with Gasteiger partial charge in [0.05, 0.1) is 12.7 Å². The van der Waals surface area contributed by atoms with Crippen molar-refractivity contribution in [3.8, 4) is 17.2 Å². The molecule has 0 aliphatic carbocycles. The first kappa shape index (κ1) is 30.3. The van der Waals surface area contributed by atoms with Gasteiger partial charge in [-0.25, -0.2) is 0 Å². The largest absolute Gasteiger partial charge is 0.573 e. The van der Waals surface area contributed by atoms with Gasteiger partial charge in [0, 0.05) is 25.3 Å². The number of aryl methyl sites for hydroxylation is 2. The van der Waals surface area contributed by atoms with Crippen molar-refractivity contribution < 1.29 is 37.4 Å². The van der Waals surface area contributed by atoms with Crippen LogP contribution in [-0.4, -0.2) is 58.4 Å². The van der Waals surface area contributed by atoms with Crippen molar-refractivity contribution in [1.82, 2.24) is 9.55 Å². The standard InChI is InChI=1S/C27H30ClF3N4O6/c28-26-32-25(35(37)38)17-34(26)14-11-20(36)18-40-23-9-10-24-19(16-23)4-1-2-12-33(24)13-3-15-39-21-5-7-22(8-6-21)41-27(29,30)31/h5-10,16-17,20,36H,1-4,11-15,18H2. The number of halogens is 4. The Bertz CT molecular complexity index is 1310. The lowest BCUT2D eigenvalue weighted by Gasteiger charge is -2.25. The molecule has 0 bridgehead atoms. The van der Waals surface area contributed by atoms with Crippen LogP contribution in [0.25, 0.3) is 0 Å².